The van der Waals surface area contributed by atoms with Gasteiger partial charge in [0.2, 0.25) is 0 Å². The number of rotatable bonds is 6. The fourth-order valence-electron chi connectivity index (χ4n) is 3.64. The molecule has 32 heavy (non-hydrogen) atoms. The molecule has 0 bridgehead atoms. The molecule has 10 nitrogen and oxygen atoms in total. The topological polar surface area (TPSA) is 129 Å². The molecule has 0 spiro atoms. The van der Waals surface area contributed by atoms with E-state index in [1.54, 1.807) is 0 Å². The van der Waals surface area contributed by atoms with E-state index in [1.807, 2.05) is 4.57 Å². The van der Waals surface area contributed by atoms with Crippen LogP contribution in [-0.2, 0) is 23.0 Å². The molecule has 2 heterocycles. The summed E-state index contributed by atoms with van der Waals surface area (Å²) in [6.07, 6.45) is 3.69. The van der Waals surface area contributed by atoms with Crippen LogP contribution in [0.4, 0.5) is 15.8 Å². The van der Waals surface area contributed by atoms with Crippen LogP contribution < -0.4 is 9.46 Å². The van der Waals surface area contributed by atoms with Crippen molar-refractivity contribution in [3.05, 3.63) is 58.2 Å². The molecule has 1 aliphatic heterocycles. The van der Waals surface area contributed by atoms with Crippen molar-refractivity contribution in [3.63, 3.8) is 0 Å². The van der Waals surface area contributed by atoms with Crippen LogP contribution in [0.25, 0.3) is 11.4 Å². The van der Waals surface area contributed by atoms with Crippen LogP contribution >= 0.6 is 0 Å². The quantitative estimate of drug-likeness (QED) is 0.439. The van der Waals surface area contributed by atoms with Gasteiger partial charge in [0.05, 0.1) is 22.5 Å². The minimum Gasteiger partial charge on any atom is -0.490 e. The van der Waals surface area contributed by atoms with Crippen molar-refractivity contribution >= 4 is 21.4 Å². The molecule has 0 radical (unpaired) electrons. The predicted molar refractivity (Wildman–Crippen MR) is 113 cm³/mol. The zero-order chi connectivity index (χ0) is 22.9. The summed E-state index contributed by atoms with van der Waals surface area (Å²) in [5, 5.41) is 19.5. The first-order valence-corrected chi connectivity index (χ1v) is 11.4. The number of hydrogen-bond donors (Lipinski definition) is 1. The van der Waals surface area contributed by atoms with E-state index < -0.39 is 26.5 Å². The first-order valence-electron chi connectivity index (χ1n) is 9.87. The van der Waals surface area contributed by atoms with Crippen molar-refractivity contribution < 1.29 is 22.5 Å². The Balaban J connectivity index is 1.69. The number of nitro benzene ring substituents is 1. The molecule has 2 aromatic carbocycles. The number of methoxy groups -OCH3 is 1. The second kappa shape index (κ2) is 8.54. The third-order valence-corrected chi connectivity index (χ3v) is 6.61. The summed E-state index contributed by atoms with van der Waals surface area (Å²) in [7, 11) is -2.94. The van der Waals surface area contributed by atoms with Gasteiger partial charge in [0, 0.05) is 24.7 Å². The lowest BCUT2D eigenvalue weighted by molar-refractivity contribution is -0.386. The van der Waals surface area contributed by atoms with E-state index in [0.29, 0.717) is 12.4 Å². The number of nitrogens with zero attached hydrogens (tertiary/aromatic N) is 4. The lowest BCUT2D eigenvalue weighted by Crippen LogP contribution is -2.14. The lowest BCUT2D eigenvalue weighted by atomic mass is 10.1. The number of hydrogen-bond acceptors (Lipinski definition) is 7. The zero-order valence-corrected chi connectivity index (χ0v) is 17.9. The third kappa shape index (κ3) is 4.13. The van der Waals surface area contributed by atoms with Crippen LogP contribution in [0.2, 0.25) is 0 Å². The summed E-state index contributed by atoms with van der Waals surface area (Å²) in [5.74, 6) is 0.479. The van der Waals surface area contributed by atoms with Gasteiger partial charge in [0.15, 0.2) is 11.6 Å². The summed E-state index contributed by atoms with van der Waals surface area (Å²) in [5.41, 5.74) is -0.279. The van der Waals surface area contributed by atoms with E-state index in [1.165, 1.54) is 31.4 Å². The number of aromatic nitrogens is 3. The Bertz CT molecular complexity index is 1290. The van der Waals surface area contributed by atoms with Crippen molar-refractivity contribution in [1.29, 1.82) is 0 Å². The summed E-state index contributed by atoms with van der Waals surface area (Å²) in [4.78, 5) is 10.2. The van der Waals surface area contributed by atoms with Crippen molar-refractivity contribution in [3.8, 4) is 17.1 Å². The van der Waals surface area contributed by atoms with Gasteiger partial charge in [0.1, 0.15) is 11.6 Å². The molecular weight excluding hydrogens is 441 g/mol. The second-order valence-electron chi connectivity index (χ2n) is 7.29. The van der Waals surface area contributed by atoms with Gasteiger partial charge in [-0.3, -0.25) is 14.8 Å². The SMILES string of the molecule is COc1ccc(S(=O)(=O)Nc2ccc(F)c(-c3nnc4n3CCCCC4)c2)cc1[N+](=O)[O-]. The van der Waals surface area contributed by atoms with Crippen LogP contribution in [0.5, 0.6) is 5.75 Å². The van der Waals surface area contributed by atoms with Gasteiger partial charge in [0.25, 0.3) is 10.0 Å². The summed E-state index contributed by atoms with van der Waals surface area (Å²) in [6, 6.07) is 7.05. The zero-order valence-electron chi connectivity index (χ0n) is 17.1. The molecule has 12 heteroatoms. The van der Waals surface area contributed by atoms with Gasteiger partial charge in [-0.1, -0.05) is 6.42 Å². The monoisotopic (exact) mass is 461 g/mol. The minimum atomic E-state index is -4.19. The standard InChI is InChI=1S/C20H20FN5O5S/c1-31-18-9-7-14(12-17(18)26(27)28)32(29,30)24-13-6-8-16(21)15(11-13)20-23-22-19-5-3-2-4-10-25(19)20/h6-9,11-12,24H,2-5,10H2,1H3. The fraction of sp³-hybridized carbons (Fsp3) is 0.300. The van der Waals surface area contributed by atoms with Crippen LogP contribution in [0.3, 0.4) is 0 Å². The maximum Gasteiger partial charge on any atom is 0.312 e. The van der Waals surface area contributed by atoms with Crippen molar-refractivity contribution in [2.75, 3.05) is 11.8 Å². The average molecular weight is 461 g/mol. The third-order valence-electron chi connectivity index (χ3n) is 5.23. The van der Waals surface area contributed by atoms with E-state index >= 15 is 0 Å². The molecular formula is C20H20FN5O5S. The molecule has 1 aromatic heterocycles. The molecule has 0 atom stereocenters. The Morgan fingerprint density at radius 1 is 1.16 bits per heavy atom. The van der Waals surface area contributed by atoms with Crippen LogP contribution in [0.15, 0.2) is 41.3 Å². The number of halogens is 1. The van der Waals surface area contributed by atoms with Gasteiger partial charge < -0.3 is 9.30 Å². The summed E-state index contributed by atoms with van der Waals surface area (Å²) >= 11 is 0. The molecule has 0 amide bonds. The van der Waals surface area contributed by atoms with Crippen LogP contribution in [0.1, 0.15) is 25.1 Å². The number of nitro groups is 1. The van der Waals surface area contributed by atoms with E-state index in [9.17, 15) is 22.9 Å². The number of fused-ring (bicyclic) bond motifs is 1. The second-order valence-corrected chi connectivity index (χ2v) is 8.98. The summed E-state index contributed by atoms with van der Waals surface area (Å²) < 4.78 is 49.4. The van der Waals surface area contributed by atoms with Gasteiger partial charge in [-0.05, 0) is 43.2 Å². The predicted octanol–water partition coefficient (Wildman–Crippen LogP) is 3.53. The number of aryl methyl sites for hydroxylation is 1. The Hall–Kier alpha value is -3.54. The maximum absolute atomic E-state index is 14.6. The average Bonchev–Trinajstić information content (AvgIpc) is 3.01. The van der Waals surface area contributed by atoms with Crippen LogP contribution in [-0.4, -0.2) is 35.2 Å². The number of benzene rings is 2. The molecule has 1 aliphatic rings. The smallest absolute Gasteiger partial charge is 0.312 e. The van der Waals surface area contributed by atoms with Gasteiger partial charge >= 0.3 is 5.69 Å². The minimum absolute atomic E-state index is 0.0643. The highest BCUT2D eigenvalue weighted by atomic mass is 32.2. The largest absolute Gasteiger partial charge is 0.490 e. The van der Waals surface area contributed by atoms with E-state index in [0.717, 1.165) is 43.6 Å². The Morgan fingerprint density at radius 3 is 2.72 bits per heavy atom. The highest BCUT2D eigenvalue weighted by Gasteiger charge is 2.24. The molecule has 0 saturated heterocycles. The lowest BCUT2D eigenvalue weighted by Gasteiger charge is -2.12. The number of nitrogens with one attached hydrogen (secondary N) is 1. The number of anilines is 1. The van der Waals surface area contributed by atoms with Gasteiger partial charge in [-0.15, -0.1) is 10.2 Å². The van der Waals surface area contributed by atoms with E-state index in [-0.39, 0.29) is 21.9 Å². The Morgan fingerprint density at radius 2 is 1.97 bits per heavy atom. The molecule has 3 aromatic rings. The molecule has 0 unspecified atom stereocenters. The summed E-state index contributed by atoms with van der Waals surface area (Å²) in [6.45, 7) is 0.655. The first kappa shape index (κ1) is 21.7. The first-order chi connectivity index (χ1) is 15.3. The molecule has 0 saturated carbocycles. The molecule has 0 fully saturated rings. The van der Waals surface area contributed by atoms with Crippen LogP contribution in [0, 0.1) is 15.9 Å². The highest BCUT2D eigenvalue weighted by Crippen LogP contribution is 2.31. The fourth-order valence-corrected chi connectivity index (χ4v) is 4.71. The highest BCUT2D eigenvalue weighted by molar-refractivity contribution is 7.92. The van der Waals surface area contributed by atoms with Gasteiger partial charge in [-0.2, -0.15) is 0 Å². The maximum atomic E-state index is 14.6. The van der Waals surface area contributed by atoms with Crippen molar-refractivity contribution in [2.45, 2.75) is 37.1 Å². The molecule has 0 aliphatic carbocycles. The van der Waals surface area contributed by atoms with Crippen molar-refractivity contribution in [1.82, 2.24) is 14.8 Å². The van der Waals surface area contributed by atoms with Gasteiger partial charge in [-0.25, -0.2) is 12.8 Å². The molecule has 168 valence electrons. The Kier molecular flexibility index (Phi) is 5.78. The van der Waals surface area contributed by atoms with Crippen molar-refractivity contribution in [2.24, 2.45) is 0 Å². The molecule has 4 rings (SSSR count). The number of ether oxygens (including phenoxy) is 1. The Labute approximate surface area is 183 Å². The normalized spacial score (nSPS) is 13.8. The van der Waals surface area contributed by atoms with E-state index in [2.05, 4.69) is 14.9 Å². The number of sulfonamides is 1. The van der Waals surface area contributed by atoms with E-state index in [4.69, 9.17) is 4.74 Å². The molecule has 1 N–H and O–H groups in total.